The summed E-state index contributed by atoms with van der Waals surface area (Å²) < 4.78 is 16.4. The number of rotatable bonds is 9. The first-order valence-electron chi connectivity index (χ1n) is 12.2. The van der Waals surface area contributed by atoms with E-state index >= 15 is 0 Å². The maximum atomic E-state index is 12.6. The Morgan fingerprint density at radius 3 is 2.41 bits per heavy atom. The van der Waals surface area contributed by atoms with E-state index in [1.165, 1.54) is 13.3 Å². The average Bonchev–Trinajstić information content (AvgIpc) is 2.97. The van der Waals surface area contributed by atoms with Gasteiger partial charge in [0.1, 0.15) is 5.75 Å². The molecule has 0 saturated heterocycles. The van der Waals surface area contributed by atoms with E-state index in [1.54, 1.807) is 54.6 Å². The van der Waals surface area contributed by atoms with Gasteiger partial charge in [0.25, 0.3) is 0 Å². The third-order valence-electron chi connectivity index (χ3n) is 5.58. The minimum Gasteiger partial charge on any atom is -0.494 e. The van der Waals surface area contributed by atoms with E-state index in [-0.39, 0.29) is 11.5 Å². The highest BCUT2D eigenvalue weighted by Crippen LogP contribution is 2.29. The zero-order chi connectivity index (χ0) is 27.6. The number of nitrogens with zero attached hydrogens (tertiary/aromatic N) is 1. The van der Waals surface area contributed by atoms with Gasteiger partial charge in [-0.25, -0.2) is 10.2 Å². The van der Waals surface area contributed by atoms with Gasteiger partial charge in [-0.15, -0.1) is 0 Å². The summed E-state index contributed by atoms with van der Waals surface area (Å²) in [6.07, 6.45) is 2.23. The Hall–Kier alpha value is -5.18. The molecule has 0 aromatic heterocycles. The standard InChI is InChI=1S/C30H27N3O6/c1-3-17-38-23-14-12-22(13-15-23)30(36)39-26-16-11-20(18-27(26)37-2)19-31-33-29(35)28(34)32-25-10-6-8-21-7-4-5-9-24(21)25/h4-16,18-19H,3,17H2,1-2H3,(H,32,34)(H,33,35). The fourth-order valence-electron chi connectivity index (χ4n) is 3.64. The molecule has 0 fully saturated rings. The minimum absolute atomic E-state index is 0.212. The lowest BCUT2D eigenvalue weighted by atomic mass is 10.1. The lowest BCUT2D eigenvalue weighted by Crippen LogP contribution is -2.32. The van der Waals surface area contributed by atoms with Crippen molar-refractivity contribution in [3.05, 3.63) is 96.1 Å². The van der Waals surface area contributed by atoms with Gasteiger partial charge in [0.2, 0.25) is 0 Å². The Bertz CT molecular complexity index is 1510. The number of benzene rings is 4. The van der Waals surface area contributed by atoms with Gasteiger partial charge in [-0.1, -0.05) is 43.3 Å². The van der Waals surface area contributed by atoms with Gasteiger partial charge in [0.15, 0.2) is 11.5 Å². The molecule has 0 saturated carbocycles. The molecule has 0 spiro atoms. The van der Waals surface area contributed by atoms with Gasteiger partial charge < -0.3 is 19.5 Å². The number of hydrazone groups is 1. The fourth-order valence-corrected chi connectivity index (χ4v) is 3.64. The fraction of sp³-hybridized carbons (Fsp3) is 0.133. The van der Waals surface area contributed by atoms with Crippen molar-refractivity contribution < 1.29 is 28.6 Å². The van der Waals surface area contributed by atoms with Crippen LogP contribution in [0.15, 0.2) is 90.0 Å². The SMILES string of the molecule is CCCOc1ccc(C(=O)Oc2ccc(C=NNC(=O)C(=O)Nc3cccc4ccccc34)cc2OC)cc1. The van der Waals surface area contributed by atoms with E-state index < -0.39 is 17.8 Å². The van der Waals surface area contributed by atoms with E-state index in [1.807, 2.05) is 37.3 Å². The van der Waals surface area contributed by atoms with Crippen molar-refractivity contribution in [3.8, 4) is 17.2 Å². The van der Waals surface area contributed by atoms with Crippen LogP contribution in [0, 0.1) is 0 Å². The van der Waals surface area contributed by atoms with Gasteiger partial charge in [0, 0.05) is 11.1 Å². The summed E-state index contributed by atoms with van der Waals surface area (Å²) in [5, 5.41) is 8.20. The maximum Gasteiger partial charge on any atom is 0.343 e. The first-order chi connectivity index (χ1) is 19.0. The molecular formula is C30H27N3O6. The molecule has 9 heteroatoms. The summed E-state index contributed by atoms with van der Waals surface area (Å²) in [4.78, 5) is 37.2. The third-order valence-corrected chi connectivity index (χ3v) is 5.58. The number of carbonyl (C=O) groups excluding carboxylic acids is 3. The van der Waals surface area contributed by atoms with Crippen LogP contribution in [0.2, 0.25) is 0 Å². The molecule has 198 valence electrons. The Labute approximate surface area is 225 Å². The molecule has 0 radical (unpaired) electrons. The number of fused-ring (bicyclic) bond motifs is 1. The lowest BCUT2D eigenvalue weighted by molar-refractivity contribution is -0.136. The molecule has 4 aromatic rings. The average molecular weight is 526 g/mol. The van der Waals surface area contributed by atoms with Crippen LogP contribution in [0.1, 0.15) is 29.3 Å². The largest absolute Gasteiger partial charge is 0.494 e. The highest BCUT2D eigenvalue weighted by Gasteiger charge is 2.15. The molecule has 0 aliphatic carbocycles. The van der Waals surface area contributed by atoms with Crippen LogP contribution in [0.4, 0.5) is 5.69 Å². The van der Waals surface area contributed by atoms with Crippen LogP contribution in [0.25, 0.3) is 10.8 Å². The quantitative estimate of drug-likeness (QED) is 0.105. The molecule has 39 heavy (non-hydrogen) atoms. The zero-order valence-corrected chi connectivity index (χ0v) is 21.5. The van der Waals surface area contributed by atoms with Crippen LogP contribution in [-0.2, 0) is 9.59 Å². The monoisotopic (exact) mass is 525 g/mol. The van der Waals surface area contributed by atoms with Crippen molar-refractivity contribution in [2.75, 3.05) is 19.0 Å². The number of hydrogen-bond acceptors (Lipinski definition) is 7. The second-order valence-corrected chi connectivity index (χ2v) is 8.35. The number of nitrogens with one attached hydrogen (secondary N) is 2. The predicted octanol–water partition coefficient (Wildman–Crippen LogP) is 4.95. The molecule has 2 amide bonds. The van der Waals surface area contributed by atoms with E-state index in [0.29, 0.717) is 29.2 Å². The molecule has 0 unspecified atom stereocenters. The van der Waals surface area contributed by atoms with Gasteiger partial charge in [0.05, 0.1) is 25.5 Å². The van der Waals surface area contributed by atoms with Gasteiger partial charge in [-0.2, -0.15) is 5.10 Å². The van der Waals surface area contributed by atoms with Crippen molar-refractivity contribution in [1.29, 1.82) is 0 Å². The topological polar surface area (TPSA) is 115 Å². The van der Waals surface area contributed by atoms with Crippen molar-refractivity contribution in [2.24, 2.45) is 5.10 Å². The zero-order valence-electron chi connectivity index (χ0n) is 21.5. The smallest absolute Gasteiger partial charge is 0.343 e. The normalized spacial score (nSPS) is 10.7. The predicted molar refractivity (Wildman–Crippen MR) is 148 cm³/mol. The van der Waals surface area contributed by atoms with E-state index in [9.17, 15) is 14.4 Å². The molecule has 0 atom stereocenters. The molecule has 4 aromatic carbocycles. The molecule has 4 rings (SSSR count). The van der Waals surface area contributed by atoms with E-state index in [4.69, 9.17) is 14.2 Å². The summed E-state index contributed by atoms with van der Waals surface area (Å²) in [6, 6.07) is 24.4. The summed E-state index contributed by atoms with van der Waals surface area (Å²) in [5.74, 6) is -1.16. The van der Waals surface area contributed by atoms with Crippen molar-refractivity contribution in [3.63, 3.8) is 0 Å². The first kappa shape index (κ1) is 26.9. The van der Waals surface area contributed by atoms with Gasteiger partial charge in [-0.3, -0.25) is 9.59 Å². The number of amides is 2. The first-order valence-corrected chi connectivity index (χ1v) is 12.2. The number of ether oxygens (including phenoxy) is 3. The Kier molecular flexibility index (Phi) is 8.87. The highest BCUT2D eigenvalue weighted by molar-refractivity contribution is 6.40. The molecule has 9 nitrogen and oxygen atoms in total. The summed E-state index contributed by atoms with van der Waals surface area (Å²) >= 11 is 0. The van der Waals surface area contributed by atoms with Crippen molar-refractivity contribution >= 4 is 40.5 Å². The van der Waals surface area contributed by atoms with E-state index in [2.05, 4.69) is 15.8 Å². The second-order valence-electron chi connectivity index (χ2n) is 8.35. The van der Waals surface area contributed by atoms with Crippen LogP contribution in [-0.4, -0.2) is 37.7 Å². The highest BCUT2D eigenvalue weighted by atomic mass is 16.6. The number of methoxy groups -OCH3 is 1. The molecule has 0 aliphatic rings. The number of hydrogen-bond donors (Lipinski definition) is 2. The minimum atomic E-state index is -0.928. The Morgan fingerprint density at radius 1 is 0.872 bits per heavy atom. The number of carbonyl (C=O) groups is 3. The van der Waals surface area contributed by atoms with Crippen molar-refractivity contribution in [2.45, 2.75) is 13.3 Å². The summed E-state index contributed by atoms with van der Waals surface area (Å²) in [5.41, 5.74) is 3.62. The molecule has 0 heterocycles. The van der Waals surface area contributed by atoms with Crippen molar-refractivity contribution in [1.82, 2.24) is 5.43 Å². The summed E-state index contributed by atoms with van der Waals surface area (Å²) in [6.45, 7) is 2.61. The third kappa shape index (κ3) is 6.98. The van der Waals surface area contributed by atoms with Gasteiger partial charge >= 0.3 is 17.8 Å². The summed E-state index contributed by atoms with van der Waals surface area (Å²) in [7, 11) is 1.44. The lowest BCUT2D eigenvalue weighted by Gasteiger charge is -2.10. The Morgan fingerprint density at radius 2 is 1.64 bits per heavy atom. The maximum absolute atomic E-state index is 12.6. The van der Waals surface area contributed by atoms with Crippen LogP contribution in [0.5, 0.6) is 17.2 Å². The molecule has 0 aliphatic heterocycles. The number of anilines is 1. The second kappa shape index (κ2) is 12.9. The van der Waals surface area contributed by atoms with Gasteiger partial charge in [-0.05, 0) is 65.9 Å². The van der Waals surface area contributed by atoms with Crippen LogP contribution in [0.3, 0.4) is 0 Å². The van der Waals surface area contributed by atoms with Crippen LogP contribution >= 0.6 is 0 Å². The van der Waals surface area contributed by atoms with Crippen LogP contribution < -0.4 is 25.0 Å². The number of esters is 1. The molecule has 2 N–H and O–H groups in total. The molecule has 0 bridgehead atoms. The Balaban J connectivity index is 1.35. The molecular weight excluding hydrogens is 498 g/mol. The van der Waals surface area contributed by atoms with E-state index in [0.717, 1.165) is 17.2 Å².